The molecule has 0 saturated carbocycles. The second kappa shape index (κ2) is 6.66. The minimum absolute atomic E-state index is 0.0284. The number of rotatable bonds is 5. The van der Waals surface area contributed by atoms with Gasteiger partial charge >= 0.3 is 6.18 Å². The molecule has 0 aliphatic heterocycles. The maximum Gasteiger partial charge on any atom is 0.418 e. The Kier molecular flexibility index (Phi) is 5.11. The first-order valence-corrected chi connectivity index (χ1v) is 7.85. The lowest BCUT2D eigenvalue weighted by Gasteiger charge is -2.15. The number of para-hydroxylation sites is 1. The lowest BCUT2D eigenvalue weighted by molar-refractivity contribution is -0.137. The van der Waals surface area contributed by atoms with Crippen molar-refractivity contribution in [1.29, 1.82) is 0 Å². The van der Waals surface area contributed by atoms with E-state index in [1.54, 1.807) is 17.8 Å². The SMILES string of the molecule is CSCc1ccc(CNc2c(Cl)cccc2C(F)(F)F)o1. The summed E-state index contributed by atoms with van der Waals surface area (Å²) < 4.78 is 44.3. The van der Waals surface area contributed by atoms with Crippen molar-refractivity contribution in [2.24, 2.45) is 0 Å². The highest BCUT2D eigenvalue weighted by Crippen LogP contribution is 2.38. The average molecular weight is 336 g/mol. The number of thioether (sulfide) groups is 1. The summed E-state index contributed by atoms with van der Waals surface area (Å²) in [6.45, 7) is 0.140. The van der Waals surface area contributed by atoms with Crippen LogP contribution in [0.5, 0.6) is 0 Å². The Morgan fingerprint density at radius 3 is 2.57 bits per heavy atom. The van der Waals surface area contributed by atoms with Crippen LogP contribution in [-0.4, -0.2) is 6.26 Å². The molecule has 1 heterocycles. The van der Waals surface area contributed by atoms with E-state index in [4.69, 9.17) is 16.0 Å². The Labute approximate surface area is 129 Å². The molecule has 1 N–H and O–H groups in total. The summed E-state index contributed by atoms with van der Waals surface area (Å²) >= 11 is 7.47. The molecule has 1 aromatic heterocycles. The Hall–Kier alpha value is -1.27. The zero-order valence-electron chi connectivity index (χ0n) is 11.1. The fourth-order valence-electron chi connectivity index (χ4n) is 1.85. The molecule has 0 radical (unpaired) electrons. The highest BCUT2D eigenvalue weighted by atomic mass is 35.5. The molecular weight excluding hydrogens is 323 g/mol. The standard InChI is InChI=1S/C14H13ClF3NOS/c1-21-8-10-6-5-9(20-10)7-19-13-11(14(16,17)18)3-2-4-12(13)15/h2-6,19H,7-8H2,1H3. The molecule has 7 heteroatoms. The number of hydrogen-bond donors (Lipinski definition) is 1. The molecule has 0 unspecified atom stereocenters. The zero-order chi connectivity index (χ0) is 15.5. The third kappa shape index (κ3) is 4.11. The molecule has 0 atom stereocenters. The third-order valence-electron chi connectivity index (χ3n) is 2.76. The molecule has 2 aromatic rings. The maximum atomic E-state index is 12.9. The molecule has 0 fully saturated rings. The molecule has 0 amide bonds. The van der Waals surface area contributed by atoms with Crippen molar-refractivity contribution >= 4 is 29.1 Å². The first-order valence-electron chi connectivity index (χ1n) is 6.08. The van der Waals surface area contributed by atoms with Crippen LogP contribution in [0.15, 0.2) is 34.7 Å². The monoisotopic (exact) mass is 335 g/mol. The maximum absolute atomic E-state index is 12.9. The van der Waals surface area contributed by atoms with Gasteiger partial charge in [0.15, 0.2) is 0 Å². The van der Waals surface area contributed by atoms with Gasteiger partial charge in [-0.25, -0.2) is 0 Å². The van der Waals surface area contributed by atoms with Gasteiger partial charge in [0.05, 0.1) is 28.6 Å². The van der Waals surface area contributed by atoms with Crippen molar-refractivity contribution in [2.45, 2.75) is 18.5 Å². The Morgan fingerprint density at radius 2 is 1.90 bits per heavy atom. The van der Waals surface area contributed by atoms with Crippen LogP contribution >= 0.6 is 23.4 Å². The quantitative estimate of drug-likeness (QED) is 0.789. The van der Waals surface area contributed by atoms with Crippen molar-refractivity contribution in [1.82, 2.24) is 0 Å². The van der Waals surface area contributed by atoms with Crippen molar-refractivity contribution in [2.75, 3.05) is 11.6 Å². The molecule has 1 aromatic carbocycles. The van der Waals surface area contributed by atoms with Gasteiger partial charge in [0.2, 0.25) is 0 Å². The zero-order valence-corrected chi connectivity index (χ0v) is 12.7. The predicted octanol–water partition coefficient (Wildman–Crippen LogP) is 5.43. The molecule has 21 heavy (non-hydrogen) atoms. The summed E-state index contributed by atoms with van der Waals surface area (Å²) in [5.41, 5.74) is -0.916. The fraction of sp³-hybridized carbons (Fsp3) is 0.286. The van der Waals surface area contributed by atoms with E-state index in [2.05, 4.69) is 5.32 Å². The molecule has 2 rings (SSSR count). The summed E-state index contributed by atoms with van der Waals surface area (Å²) in [7, 11) is 0. The first-order chi connectivity index (χ1) is 9.91. The Morgan fingerprint density at radius 1 is 1.19 bits per heavy atom. The minimum Gasteiger partial charge on any atom is -0.463 e. The Bertz CT molecular complexity index is 613. The minimum atomic E-state index is -4.46. The number of halogens is 4. The van der Waals surface area contributed by atoms with Gasteiger partial charge < -0.3 is 9.73 Å². The van der Waals surface area contributed by atoms with E-state index in [1.165, 1.54) is 12.1 Å². The summed E-state index contributed by atoms with van der Waals surface area (Å²) in [4.78, 5) is 0. The molecule has 0 spiro atoms. The van der Waals surface area contributed by atoms with Crippen LogP contribution < -0.4 is 5.32 Å². The normalized spacial score (nSPS) is 11.7. The van der Waals surface area contributed by atoms with Crippen LogP contribution in [0, 0.1) is 0 Å². The smallest absolute Gasteiger partial charge is 0.418 e. The van der Waals surface area contributed by atoms with Crippen molar-refractivity contribution < 1.29 is 17.6 Å². The van der Waals surface area contributed by atoms with E-state index < -0.39 is 11.7 Å². The van der Waals surface area contributed by atoms with Crippen LogP contribution in [-0.2, 0) is 18.5 Å². The van der Waals surface area contributed by atoms with E-state index >= 15 is 0 Å². The predicted molar refractivity (Wildman–Crippen MR) is 79.7 cm³/mol. The average Bonchev–Trinajstić information content (AvgIpc) is 2.84. The van der Waals surface area contributed by atoms with Crippen molar-refractivity contribution in [3.63, 3.8) is 0 Å². The molecule has 0 saturated heterocycles. The van der Waals surface area contributed by atoms with E-state index in [9.17, 15) is 13.2 Å². The van der Waals surface area contributed by atoms with Gasteiger partial charge in [-0.2, -0.15) is 24.9 Å². The van der Waals surface area contributed by atoms with Gasteiger partial charge in [-0.1, -0.05) is 17.7 Å². The molecule has 0 bridgehead atoms. The van der Waals surface area contributed by atoms with E-state index in [-0.39, 0.29) is 17.3 Å². The largest absolute Gasteiger partial charge is 0.463 e. The summed E-state index contributed by atoms with van der Waals surface area (Å²) in [6.07, 6.45) is -2.51. The second-order valence-electron chi connectivity index (χ2n) is 4.31. The van der Waals surface area contributed by atoms with E-state index in [1.807, 2.05) is 12.3 Å². The van der Waals surface area contributed by atoms with Gasteiger partial charge in [0.1, 0.15) is 11.5 Å². The lowest BCUT2D eigenvalue weighted by atomic mass is 10.1. The van der Waals surface area contributed by atoms with E-state index in [0.717, 1.165) is 17.6 Å². The van der Waals surface area contributed by atoms with Crippen LogP contribution in [0.2, 0.25) is 5.02 Å². The number of hydrogen-bond acceptors (Lipinski definition) is 3. The Balaban J connectivity index is 2.15. The van der Waals surface area contributed by atoms with Crippen molar-refractivity contribution in [3.05, 3.63) is 52.4 Å². The van der Waals surface area contributed by atoms with Crippen LogP contribution in [0.25, 0.3) is 0 Å². The summed E-state index contributed by atoms with van der Waals surface area (Å²) in [5, 5.41) is 2.74. The van der Waals surface area contributed by atoms with Crippen LogP contribution in [0.3, 0.4) is 0 Å². The first kappa shape index (κ1) is 16.1. The summed E-state index contributed by atoms with van der Waals surface area (Å²) in [5.74, 6) is 2.07. The van der Waals surface area contributed by atoms with Gasteiger partial charge in [0.25, 0.3) is 0 Å². The highest BCUT2D eigenvalue weighted by molar-refractivity contribution is 7.97. The molecule has 114 valence electrons. The third-order valence-corrected chi connectivity index (χ3v) is 3.65. The number of benzene rings is 1. The highest BCUT2D eigenvalue weighted by Gasteiger charge is 2.34. The second-order valence-corrected chi connectivity index (χ2v) is 5.59. The topological polar surface area (TPSA) is 25.2 Å². The molecule has 0 aliphatic rings. The molecular formula is C14H13ClF3NOS. The van der Waals surface area contributed by atoms with Gasteiger partial charge in [-0.05, 0) is 30.5 Å². The number of alkyl halides is 3. The number of anilines is 1. The molecule has 2 nitrogen and oxygen atoms in total. The van der Waals surface area contributed by atoms with E-state index in [0.29, 0.717) is 5.76 Å². The van der Waals surface area contributed by atoms with Gasteiger partial charge in [-0.3, -0.25) is 0 Å². The van der Waals surface area contributed by atoms with Crippen LogP contribution in [0.4, 0.5) is 18.9 Å². The number of nitrogens with one attached hydrogen (secondary N) is 1. The van der Waals surface area contributed by atoms with Crippen molar-refractivity contribution in [3.8, 4) is 0 Å². The van der Waals surface area contributed by atoms with Gasteiger partial charge in [-0.15, -0.1) is 0 Å². The summed E-state index contributed by atoms with van der Waals surface area (Å²) in [6, 6.07) is 7.24. The number of furan rings is 1. The van der Waals surface area contributed by atoms with Crippen LogP contribution in [0.1, 0.15) is 17.1 Å². The molecule has 0 aliphatic carbocycles. The lowest BCUT2D eigenvalue weighted by Crippen LogP contribution is -2.11. The fourth-order valence-corrected chi connectivity index (χ4v) is 2.53. The van der Waals surface area contributed by atoms with Gasteiger partial charge in [0, 0.05) is 0 Å².